The molecule has 0 amide bonds. The van der Waals surface area contributed by atoms with E-state index in [1.54, 1.807) is 35.5 Å². The summed E-state index contributed by atoms with van der Waals surface area (Å²) in [6.07, 6.45) is 9.40. The van der Waals surface area contributed by atoms with Crippen LogP contribution < -0.4 is 23.7 Å². The van der Waals surface area contributed by atoms with Gasteiger partial charge in [-0.05, 0) is 77.9 Å². The van der Waals surface area contributed by atoms with Crippen molar-refractivity contribution in [1.82, 2.24) is 19.8 Å². The van der Waals surface area contributed by atoms with E-state index < -0.39 is 0 Å². The smallest absolute Gasteiger partial charge is 0.203 e. The van der Waals surface area contributed by atoms with Gasteiger partial charge in [-0.1, -0.05) is 6.42 Å². The van der Waals surface area contributed by atoms with Gasteiger partial charge in [0.2, 0.25) is 5.75 Å². The zero-order valence-electron chi connectivity index (χ0n) is 27.5. The lowest BCUT2D eigenvalue weighted by Gasteiger charge is -2.34. The Labute approximate surface area is 272 Å². The van der Waals surface area contributed by atoms with E-state index in [9.17, 15) is 0 Å². The third-order valence-corrected chi connectivity index (χ3v) is 9.24. The summed E-state index contributed by atoms with van der Waals surface area (Å²) in [6, 6.07) is 14.8. The molecular weight excluding hydrogens is 580 g/mol. The molecule has 0 atom stereocenters. The van der Waals surface area contributed by atoms with Crippen LogP contribution in [0.2, 0.25) is 0 Å². The largest absolute Gasteiger partial charge is 0.493 e. The highest BCUT2D eigenvalue weighted by molar-refractivity contribution is 5.71. The van der Waals surface area contributed by atoms with Crippen LogP contribution in [0.3, 0.4) is 0 Å². The molecule has 0 unspecified atom stereocenters. The lowest BCUT2D eigenvalue weighted by atomic mass is 9.79. The Balaban J connectivity index is 1.09. The molecule has 0 N–H and O–H groups in total. The lowest BCUT2D eigenvalue weighted by Crippen LogP contribution is -2.45. The summed E-state index contributed by atoms with van der Waals surface area (Å²) in [6.45, 7) is 5.73. The first kappa shape index (κ1) is 31.6. The number of benzene rings is 2. The number of nitrogens with zero attached hydrogens (tertiary/aromatic N) is 4. The number of hydrogen-bond donors (Lipinski definition) is 0. The first-order valence-electron chi connectivity index (χ1n) is 15.9. The average Bonchev–Trinajstić information content (AvgIpc) is 3.07. The molecule has 242 valence electrons. The fourth-order valence-corrected chi connectivity index (χ4v) is 6.50. The van der Waals surface area contributed by atoms with Crippen molar-refractivity contribution in [2.45, 2.75) is 38.3 Å². The summed E-state index contributed by atoms with van der Waals surface area (Å²) < 4.78 is 28.1. The minimum absolute atomic E-state index is 0.524. The number of aromatic nitrogens is 2. The van der Waals surface area contributed by atoms with Gasteiger partial charge in [0.15, 0.2) is 23.0 Å². The first-order valence-corrected chi connectivity index (χ1v) is 15.9. The first-order chi connectivity index (χ1) is 22.5. The molecule has 9 heteroatoms. The van der Waals surface area contributed by atoms with Crippen molar-refractivity contribution in [3.63, 3.8) is 0 Å². The van der Waals surface area contributed by atoms with Gasteiger partial charge < -0.3 is 23.7 Å². The van der Waals surface area contributed by atoms with Crippen molar-refractivity contribution in [3.8, 4) is 51.1 Å². The number of pyridine rings is 2. The predicted molar refractivity (Wildman–Crippen MR) is 179 cm³/mol. The molecule has 6 rings (SSSR count). The van der Waals surface area contributed by atoms with Gasteiger partial charge in [-0.15, -0.1) is 0 Å². The van der Waals surface area contributed by atoms with Crippen LogP contribution in [0.1, 0.15) is 41.9 Å². The summed E-state index contributed by atoms with van der Waals surface area (Å²) in [5.74, 6) is 3.99. The number of ether oxygens (including phenoxy) is 5. The van der Waals surface area contributed by atoms with E-state index in [1.807, 2.05) is 30.7 Å². The molecule has 1 saturated carbocycles. The molecule has 4 aromatic rings. The van der Waals surface area contributed by atoms with Gasteiger partial charge in [0.1, 0.15) is 0 Å². The SMILES string of the molecule is COc1cc(-c2cncc(CN3CCN(Cc4ccnc(-c5cc(OC)c(OC)c(C6CCC6)c5)c4)CC3)c2)cc(OC)c1OC. The van der Waals surface area contributed by atoms with Crippen LogP contribution in [0, 0.1) is 0 Å². The van der Waals surface area contributed by atoms with E-state index in [1.165, 1.54) is 36.0 Å². The Morgan fingerprint density at radius 1 is 0.630 bits per heavy atom. The summed E-state index contributed by atoms with van der Waals surface area (Å²) >= 11 is 0. The second kappa shape index (κ2) is 14.4. The second-order valence-corrected chi connectivity index (χ2v) is 12.0. The van der Waals surface area contributed by atoms with Gasteiger partial charge in [0.05, 0.1) is 41.2 Å². The van der Waals surface area contributed by atoms with Crippen molar-refractivity contribution in [2.24, 2.45) is 0 Å². The molecular formula is C37H44N4O5. The van der Waals surface area contributed by atoms with Gasteiger partial charge in [0.25, 0.3) is 0 Å². The molecule has 46 heavy (non-hydrogen) atoms. The number of hydrogen-bond acceptors (Lipinski definition) is 9. The zero-order chi connectivity index (χ0) is 32.0. The Hall–Kier alpha value is -4.34. The molecule has 2 aromatic heterocycles. The van der Waals surface area contributed by atoms with E-state index in [0.29, 0.717) is 23.2 Å². The van der Waals surface area contributed by atoms with Crippen LogP contribution in [-0.4, -0.2) is 81.5 Å². The van der Waals surface area contributed by atoms with Gasteiger partial charge in [-0.2, -0.15) is 0 Å². The molecule has 0 spiro atoms. The van der Waals surface area contributed by atoms with Crippen LogP contribution in [0.5, 0.6) is 28.7 Å². The van der Waals surface area contributed by atoms with Crippen molar-refractivity contribution >= 4 is 0 Å². The van der Waals surface area contributed by atoms with Crippen LogP contribution in [0.25, 0.3) is 22.4 Å². The molecule has 9 nitrogen and oxygen atoms in total. The van der Waals surface area contributed by atoms with Crippen LogP contribution >= 0.6 is 0 Å². The number of methoxy groups -OCH3 is 5. The predicted octanol–water partition coefficient (Wildman–Crippen LogP) is 6.44. The molecule has 2 fully saturated rings. The highest BCUT2D eigenvalue weighted by Crippen LogP contribution is 2.46. The lowest BCUT2D eigenvalue weighted by molar-refractivity contribution is 0.122. The molecule has 0 radical (unpaired) electrons. The number of rotatable bonds is 12. The van der Waals surface area contributed by atoms with Crippen molar-refractivity contribution in [1.29, 1.82) is 0 Å². The minimum Gasteiger partial charge on any atom is -0.493 e. The Kier molecular flexibility index (Phi) is 9.90. The topological polar surface area (TPSA) is 78.4 Å². The van der Waals surface area contributed by atoms with E-state index >= 15 is 0 Å². The highest BCUT2D eigenvalue weighted by atomic mass is 16.5. The molecule has 1 aliphatic heterocycles. The van der Waals surface area contributed by atoms with Crippen LogP contribution in [0.15, 0.2) is 61.1 Å². The molecule has 2 aliphatic rings. The Bertz CT molecular complexity index is 1620. The van der Waals surface area contributed by atoms with Gasteiger partial charge in [-0.3, -0.25) is 19.8 Å². The van der Waals surface area contributed by atoms with Crippen molar-refractivity contribution < 1.29 is 23.7 Å². The fraction of sp³-hybridized carbons (Fsp3) is 0.405. The van der Waals surface area contributed by atoms with Gasteiger partial charge in [-0.25, -0.2) is 0 Å². The molecule has 1 aliphatic carbocycles. The van der Waals surface area contributed by atoms with E-state index in [4.69, 9.17) is 28.7 Å². The third kappa shape index (κ3) is 6.76. The van der Waals surface area contributed by atoms with Crippen LogP contribution in [-0.2, 0) is 13.1 Å². The second-order valence-electron chi connectivity index (χ2n) is 12.0. The fourth-order valence-electron chi connectivity index (χ4n) is 6.50. The average molecular weight is 625 g/mol. The molecule has 1 saturated heterocycles. The van der Waals surface area contributed by atoms with Crippen LogP contribution in [0.4, 0.5) is 0 Å². The summed E-state index contributed by atoms with van der Waals surface area (Å²) in [5, 5.41) is 0. The van der Waals surface area contributed by atoms with E-state index in [2.05, 4.69) is 45.1 Å². The maximum Gasteiger partial charge on any atom is 0.203 e. The maximum atomic E-state index is 5.76. The van der Waals surface area contributed by atoms with Gasteiger partial charge in [0, 0.05) is 74.5 Å². The number of piperazine rings is 1. The zero-order valence-corrected chi connectivity index (χ0v) is 27.5. The monoisotopic (exact) mass is 624 g/mol. The Morgan fingerprint density at radius 2 is 1.24 bits per heavy atom. The molecule has 3 heterocycles. The van der Waals surface area contributed by atoms with Gasteiger partial charge >= 0.3 is 0 Å². The highest BCUT2D eigenvalue weighted by Gasteiger charge is 2.26. The summed E-state index contributed by atoms with van der Waals surface area (Å²) in [7, 11) is 8.31. The van der Waals surface area contributed by atoms with Crippen molar-refractivity contribution in [3.05, 3.63) is 77.7 Å². The summed E-state index contributed by atoms with van der Waals surface area (Å²) in [4.78, 5) is 14.3. The Morgan fingerprint density at radius 3 is 1.83 bits per heavy atom. The standard InChI is InChI=1S/C37H44N4O5/c1-42-33-20-29(17-31(36(33)45-4)27-7-6-8-27)32-16-25(9-10-39-32)23-40-11-13-41(14-12-40)24-26-15-30(22-38-21-26)28-18-34(43-2)37(46-5)35(19-28)44-3/h9-10,15-22,27H,6-8,11-14,23-24H2,1-5H3. The maximum absolute atomic E-state index is 5.76. The van der Waals surface area contributed by atoms with E-state index in [-0.39, 0.29) is 0 Å². The minimum atomic E-state index is 0.524. The third-order valence-electron chi connectivity index (χ3n) is 9.24. The van der Waals surface area contributed by atoms with E-state index in [0.717, 1.165) is 73.2 Å². The molecule has 0 bridgehead atoms. The molecule has 2 aromatic carbocycles. The quantitative estimate of drug-likeness (QED) is 0.177. The summed E-state index contributed by atoms with van der Waals surface area (Å²) in [5.41, 5.74) is 7.70. The normalized spacial score (nSPS) is 15.7. The van der Waals surface area contributed by atoms with Crippen molar-refractivity contribution in [2.75, 3.05) is 61.7 Å².